The predicted molar refractivity (Wildman–Crippen MR) is 75.1 cm³/mol. The maximum atomic E-state index is 11.8. The van der Waals surface area contributed by atoms with E-state index in [1.807, 2.05) is 0 Å². The Morgan fingerprint density at radius 3 is 2.74 bits per heavy atom. The van der Waals surface area contributed by atoms with Crippen molar-refractivity contribution in [3.63, 3.8) is 0 Å². The van der Waals surface area contributed by atoms with E-state index in [0.29, 0.717) is 11.3 Å². The number of rotatable bonds is 3. The highest BCUT2D eigenvalue weighted by atomic mass is 32.1. The number of hydrogen-bond donors (Lipinski definition) is 3. The minimum Gasteiger partial charge on any atom is -0.389 e. The molecule has 0 aliphatic carbocycles. The minimum atomic E-state index is -0.434. The molecule has 0 saturated carbocycles. The molecule has 0 fully saturated rings. The molecule has 0 aliphatic rings. The summed E-state index contributed by atoms with van der Waals surface area (Å²) in [4.78, 5) is 22.9. The summed E-state index contributed by atoms with van der Waals surface area (Å²) in [6.45, 7) is 0. The molecular formula is C12H10N4O2S. The maximum absolute atomic E-state index is 11.8. The molecule has 6 nitrogen and oxygen atoms in total. The Balaban J connectivity index is 2.19. The van der Waals surface area contributed by atoms with Crippen molar-refractivity contribution in [1.29, 1.82) is 0 Å². The lowest BCUT2D eigenvalue weighted by molar-refractivity contribution is 0.102. The second-order valence-corrected chi connectivity index (χ2v) is 4.15. The van der Waals surface area contributed by atoms with E-state index in [1.54, 1.807) is 24.3 Å². The second kappa shape index (κ2) is 5.40. The molecule has 4 N–H and O–H groups in total. The van der Waals surface area contributed by atoms with Crippen molar-refractivity contribution in [1.82, 2.24) is 10.2 Å². The van der Waals surface area contributed by atoms with E-state index in [9.17, 15) is 9.59 Å². The van der Waals surface area contributed by atoms with Crippen LogP contribution in [0.25, 0.3) is 0 Å². The largest absolute Gasteiger partial charge is 0.389 e. The van der Waals surface area contributed by atoms with Gasteiger partial charge in [0.1, 0.15) is 10.7 Å². The molecule has 0 unspecified atom stereocenters. The number of anilines is 1. The van der Waals surface area contributed by atoms with Gasteiger partial charge in [0.15, 0.2) is 0 Å². The molecule has 1 aromatic heterocycles. The zero-order valence-corrected chi connectivity index (χ0v) is 10.5. The van der Waals surface area contributed by atoms with Crippen LogP contribution in [0.1, 0.15) is 16.1 Å². The molecule has 0 aliphatic heterocycles. The van der Waals surface area contributed by atoms with Gasteiger partial charge in [-0.15, -0.1) is 0 Å². The Kier molecular flexibility index (Phi) is 3.67. The van der Waals surface area contributed by atoms with E-state index >= 15 is 0 Å². The minimum absolute atomic E-state index is 0.111. The van der Waals surface area contributed by atoms with E-state index in [-0.39, 0.29) is 16.2 Å². The molecule has 1 heterocycles. The normalized spacial score (nSPS) is 9.89. The van der Waals surface area contributed by atoms with Crippen LogP contribution in [0.15, 0.2) is 41.2 Å². The van der Waals surface area contributed by atoms with Crippen LogP contribution < -0.4 is 16.6 Å². The van der Waals surface area contributed by atoms with E-state index in [4.69, 9.17) is 18.0 Å². The number of nitrogens with zero attached hydrogens (tertiary/aromatic N) is 1. The summed E-state index contributed by atoms with van der Waals surface area (Å²) < 4.78 is 0. The third-order valence-electron chi connectivity index (χ3n) is 2.32. The molecule has 0 spiro atoms. The molecule has 0 saturated heterocycles. The average Bonchev–Trinajstić information content (AvgIpc) is 2.39. The Morgan fingerprint density at radius 1 is 1.32 bits per heavy atom. The Bertz CT molecular complexity index is 676. The van der Waals surface area contributed by atoms with E-state index < -0.39 is 5.91 Å². The van der Waals surface area contributed by atoms with E-state index in [2.05, 4.69) is 15.5 Å². The molecule has 0 bridgehead atoms. The summed E-state index contributed by atoms with van der Waals surface area (Å²) in [5.74, 6) is -0.434. The van der Waals surface area contributed by atoms with Crippen LogP contribution in [0.4, 0.5) is 5.69 Å². The van der Waals surface area contributed by atoms with E-state index in [1.165, 1.54) is 12.1 Å². The number of thiocarbonyl (C=S) groups is 1. The van der Waals surface area contributed by atoms with Gasteiger partial charge in [-0.3, -0.25) is 9.59 Å². The standard InChI is InChI=1S/C12H10N4O2S/c13-11(19)7-2-1-3-8(6-7)14-12(18)9-4-5-10(17)16-15-9/h1-6H,(H2,13,19)(H,14,18)(H,16,17). The first kappa shape index (κ1) is 12.9. The highest BCUT2D eigenvalue weighted by molar-refractivity contribution is 7.80. The molecule has 1 aromatic carbocycles. The Hall–Kier alpha value is -2.54. The number of hydrogen-bond acceptors (Lipinski definition) is 4. The van der Waals surface area contributed by atoms with Gasteiger partial charge in [0, 0.05) is 17.3 Å². The SMILES string of the molecule is NC(=S)c1cccc(NC(=O)c2ccc(=O)[nH]n2)c1. The smallest absolute Gasteiger partial charge is 0.276 e. The monoisotopic (exact) mass is 274 g/mol. The van der Waals surface area contributed by atoms with Crippen LogP contribution in [0.3, 0.4) is 0 Å². The maximum Gasteiger partial charge on any atom is 0.276 e. The van der Waals surface area contributed by atoms with E-state index in [0.717, 1.165) is 0 Å². The summed E-state index contributed by atoms with van der Waals surface area (Å²) in [6, 6.07) is 9.40. The number of carbonyl (C=O) groups excluding carboxylic acids is 1. The number of aromatic nitrogens is 2. The van der Waals surface area contributed by atoms with Crippen LogP contribution >= 0.6 is 12.2 Å². The van der Waals surface area contributed by atoms with Crippen molar-refractivity contribution in [2.75, 3.05) is 5.32 Å². The third-order valence-corrected chi connectivity index (χ3v) is 2.55. The van der Waals surface area contributed by atoms with Crippen molar-refractivity contribution < 1.29 is 4.79 Å². The van der Waals surface area contributed by atoms with Crippen molar-refractivity contribution in [3.05, 3.63) is 58.0 Å². The molecular weight excluding hydrogens is 264 g/mol. The van der Waals surface area contributed by atoms with Crippen molar-refractivity contribution >= 4 is 28.8 Å². The second-order valence-electron chi connectivity index (χ2n) is 3.71. The van der Waals surface area contributed by atoms with Gasteiger partial charge in [0.05, 0.1) is 0 Å². The molecule has 19 heavy (non-hydrogen) atoms. The first-order valence-electron chi connectivity index (χ1n) is 5.33. The predicted octanol–water partition coefficient (Wildman–Crippen LogP) is 0.656. The van der Waals surface area contributed by atoms with Crippen LogP contribution in [0, 0.1) is 0 Å². The molecule has 96 valence electrons. The molecule has 0 radical (unpaired) electrons. The van der Waals surface area contributed by atoms with Crippen molar-refractivity contribution in [2.45, 2.75) is 0 Å². The van der Waals surface area contributed by atoms with Gasteiger partial charge in [0.25, 0.3) is 11.5 Å². The zero-order chi connectivity index (χ0) is 13.8. The lowest BCUT2D eigenvalue weighted by Gasteiger charge is -2.06. The number of nitrogens with one attached hydrogen (secondary N) is 2. The lowest BCUT2D eigenvalue weighted by atomic mass is 10.2. The number of H-pyrrole nitrogens is 1. The topological polar surface area (TPSA) is 101 Å². The van der Waals surface area contributed by atoms with Crippen LogP contribution in [-0.4, -0.2) is 21.1 Å². The van der Waals surface area contributed by atoms with Crippen LogP contribution in [0.2, 0.25) is 0 Å². The number of benzene rings is 1. The van der Waals surface area contributed by atoms with Gasteiger partial charge in [-0.05, 0) is 18.2 Å². The summed E-state index contributed by atoms with van der Waals surface area (Å²) in [7, 11) is 0. The number of carbonyl (C=O) groups is 1. The van der Waals surface area contributed by atoms with Gasteiger partial charge in [-0.1, -0.05) is 24.4 Å². The van der Waals surface area contributed by atoms with Crippen LogP contribution in [0.5, 0.6) is 0 Å². The van der Waals surface area contributed by atoms with Gasteiger partial charge < -0.3 is 11.1 Å². The molecule has 2 aromatic rings. The summed E-state index contributed by atoms with van der Waals surface area (Å²) in [5.41, 5.74) is 6.45. The number of aromatic amines is 1. The highest BCUT2D eigenvalue weighted by Crippen LogP contribution is 2.11. The van der Waals surface area contributed by atoms with Crippen LogP contribution in [-0.2, 0) is 0 Å². The highest BCUT2D eigenvalue weighted by Gasteiger charge is 2.08. The van der Waals surface area contributed by atoms with Crippen molar-refractivity contribution in [2.24, 2.45) is 5.73 Å². The van der Waals surface area contributed by atoms with Gasteiger partial charge in [0.2, 0.25) is 0 Å². The third kappa shape index (κ3) is 3.23. The first-order valence-corrected chi connectivity index (χ1v) is 5.74. The summed E-state index contributed by atoms with van der Waals surface area (Å²) in [5, 5.41) is 8.46. The quantitative estimate of drug-likeness (QED) is 0.714. The average molecular weight is 274 g/mol. The Labute approximate surface area is 113 Å². The molecule has 7 heteroatoms. The fourth-order valence-corrected chi connectivity index (χ4v) is 1.54. The van der Waals surface area contributed by atoms with Gasteiger partial charge in [-0.25, -0.2) is 5.10 Å². The first-order chi connectivity index (χ1) is 9.06. The van der Waals surface area contributed by atoms with Gasteiger partial charge in [-0.2, -0.15) is 5.10 Å². The number of nitrogens with two attached hydrogens (primary N) is 1. The fourth-order valence-electron chi connectivity index (χ4n) is 1.42. The zero-order valence-electron chi connectivity index (χ0n) is 9.71. The van der Waals surface area contributed by atoms with Gasteiger partial charge >= 0.3 is 0 Å². The molecule has 1 amide bonds. The summed E-state index contributed by atoms with van der Waals surface area (Å²) in [6.07, 6.45) is 0. The van der Waals surface area contributed by atoms with Crippen molar-refractivity contribution in [3.8, 4) is 0 Å². The lowest BCUT2D eigenvalue weighted by Crippen LogP contribution is -2.18. The molecule has 0 atom stereocenters. The Morgan fingerprint density at radius 2 is 2.11 bits per heavy atom. The summed E-state index contributed by atoms with van der Waals surface area (Å²) >= 11 is 4.86. The fraction of sp³-hybridized carbons (Fsp3) is 0. The molecule has 2 rings (SSSR count). The number of amides is 1.